The fourth-order valence-electron chi connectivity index (χ4n) is 2.17. The van der Waals surface area contributed by atoms with Crippen molar-refractivity contribution in [2.45, 2.75) is 12.3 Å². The van der Waals surface area contributed by atoms with Crippen molar-refractivity contribution in [3.05, 3.63) is 35.6 Å². The molecule has 0 unspecified atom stereocenters. The Kier molecular flexibility index (Phi) is 3.07. The summed E-state index contributed by atoms with van der Waals surface area (Å²) in [7, 11) is 0. The van der Waals surface area contributed by atoms with Crippen LogP contribution in [-0.2, 0) is 4.79 Å². The van der Waals surface area contributed by atoms with E-state index in [4.69, 9.17) is 0 Å². The second-order valence-electron chi connectivity index (χ2n) is 4.52. The molecule has 1 saturated carbocycles. The molecule has 0 radical (unpaired) electrons. The molecule has 1 fully saturated rings. The first-order valence-corrected chi connectivity index (χ1v) is 6.96. The number of amides is 1. The second-order valence-corrected chi connectivity index (χ2v) is 5.61. The van der Waals surface area contributed by atoms with Crippen LogP contribution in [0.25, 0.3) is 0 Å². The zero-order valence-corrected chi connectivity index (χ0v) is 10.5. The predicted octanol–water partition coefficient (Wildman–Crippen LogP) is 2.15. The van der Waals surface area contributed by atoms with Gasteiger partial charge in [-0.25, -0.2) is 4.39 Å². The molecule has 3 rings (SSSR count). The van der Waals surface area contributed by atoms with Crippen LogP contribution in [0.4, 0.5) is 4.39 Å². The highest BCUT2D eigenvalue weighted by atomic mass is 32.2. The zero-order valence-electron chi connectivity index (χ0n) is 9.73. The Hall–Kier alpha value is -1.36. The van der Waals surface area contributed by atoms with Gasteiger partial charge < -0.3 is 5.32 Å². The van der Waals surface area contributed by atoms with Crippen LogP contribution < -0.4 is 5.32 Å². The summed E-state index contributed by atoms with van der Waals surface area (Å²) in [6, 6.07) is 6.41. The number of benzene rings is 1. The van der Waals surface area contributed by atoms with Crippen molar-refractivity contribution in [1.82, 2.24) is 5.32 Å². The normalized spacial score (nSPS) is 25.7. The number of thioether (sulfide) groups is 1. The summed E-state index contributed by atoms with van der Waals surface area (Å²) >= 11 is 1.58. The van der Waals surface area contributed by atoms with Crippen LogP contribution in [0.1, 0.15) is 17.9 Å². The third-order valence-electron chi connectivity index (χ3n) is 3.24. The molecule has 2 aliphatic rings. The Morgan fingerprint density at radius 2 is 2.17 bits per heavy atom. The van der Waals surface area contributed by atoms with E-state index in [-0.39, 0.29) is 23.6 Å². The molecule has 1 aliphatic carbocycles. The maximum atomic E-state index is 12.8. The number of aliphatic imine (C=N–C) groups is 1. The molecule has 0 bridgehead atoms. The molecule has 1 N–H and O–H groups in total. The average molecular weight is 264 g/mol. The van der Waals surface area contributed by atoms with Crippen LogP contribution in [0.15, 0.2) is 29.3 Å². The number of nitrogens with zero attached hydrogens (tertiary/aromatic N) is 1. The lowest BCUT2D eigenvalue weighted by atomic mass is 10.1. The van der Waals surface area contributed by atoms with Crippen LogP contribution >= 0.6 is 11.8 Å². The maximum absolute atomic E-state index is 12.8. The maximum Gasteiger partial charge on any atom is 0.229 e. The molecular weight excluding hydrogens is 251 g/mol. The third-order valence-corrected chi connectivity index (χ3v) is 4.13. The Morgan fingerprint density at radius 1 is 1.39 bits per heavy atom. The van der Waals surface area contributed by atoms with Crippen molar-refractivity contribution in [3.8, 4) is 0 Å². The topological polar surface area (TPSA) is 41.5 Å². The smallest absolute Gasteiger partial charge is 0.229 e. The van der Waals surface area contributed by atoms with E-state index in [2.05, 4.69) is 10.3 Å². The van der Waals surface area contributed by atoms with Gasteiger partial charge in [-0.05, 0) is 30.0 Å². The van der Waals surface area contributed by atoms with Gasteiger partial charge in [-0.1, -0.05) is 23.9 Å². The van der Waals surface area contributed by atoms with Crippen molar-refractivity contribution < 1.29 is 9.18 Å². The number of halogens is 1. The SMILES string of the molecule is O=C(NC1=NCCS1)[C@H]1C[C@H]1c1ccc(F)cc1. The van der Waals surface area contributed by atoms with E-state index in [0.29, 0.717) is 0 Å². The van der Waals surface area contributed by atoms with Crippen LogP contribution in [0.3, 0.4) is 0 Å². The molecule has 1 aromatic carbocycles. The molecule has 3 nitrogen and oxygen atoms in total. The molecular formula is C13H13FN2OS. The number of amidine groups is 1. The van der Waals surface area contributed by atoms with Gasteiger partial charge >= 0.3 is 0 Å². The summed E-state index contributed by atoms with van der Waals surface area (Å²) in [5.41, 5.74) is 1.04. The number of carbonyl (C=O) groups excluding carboxylic acids is 1. The lowest BCUT2D eigenvalue weighted by Crippen LogP contribution is -2.29. The van der Waals surface area contributed by atoms with Crippen molar-refractivity contribution >= 4 is 22.8 Å². The first kappa shape index (κ1) is 11.7. The first-order chi connectivity index (χ1) is 8.74. The van der Waals surface area contributed by atoms with Crippen molar-refractivity contribution in [2.75, 3.05) is 12.3 Å². The Morgan fingerprint density at radius 3 is 2.83 bits per heavy atom. The van der Waals surface area contributed by atoms with Crippen molar-refractivity contribution in [3.63, 3.8) is 0 Å². The Labute approximate surface area is 109 Å². The molecule has 0 spiro atoms. The van der Waals surface area contributed by atoms with Gasteiger partial charge in [0.2, 0.25) is 5.91 Å². The van der Waals surface area contributed by atoms with Gasteiger partial charge in [-0.3, -0.25) is 9.79 Å². The summed E-state index contributed by atoms with van der Waals surface area (Å²) in [5.74, 6) is 0.994. The quantitative estimate of drug-likeness (QED) is 0.889. The number of nitrogens with one attached hydrogen (secondary N) is 1. The van der Waals surface area contributed by atoms with E-state index in [1.165, 1.54) is 12.1 Å². The van der Waals surface area contributed by atoms with Crippen molar-refractivity contribution in [2.24, 2.45) is 10.9 Å². The Balaban J connectivity index is 1.60. The van der Waals surface area contributed by atoms with Crippen molar-refractivity contribution in [1.29, 1.82) is 0 Å². The highest BCUT2D eigenvalue weighted by Gasteiger charge is 2.44. The zero-order chi connectivity index (χ0) is 12.5. The molecule has 0 aromatic heterocycles. The highest BCUT2D eigenvalue weighted by molar-refractivity contribution is 8.14. The fourth-order valence-corrected chi connectivity index (χ4v) is 2.90. The number of hydrogen-bond donors (Lipinski definition) is 1. The third kappa shape index (κ3) is 2.41. The van der Waals surface area contributed by atoms with Gasteiger partial charge in [-0.2, -0.15) is 0 Å². The lowest BCUT2D eigenvalue weighted by Gasteiger charge is -2.03. The molecule has 2 atom stereocenters. The van der Waals surface area contributed by atoms with E-state index in [1.54, 1.807) is 23.9 Å². The molecule has 18 heavy (non-hydrogen) atoms. The number of rotatable bonds is 2. The van der Waals surface area contributed by atoms with E-state index < -0.39 is 0 Å². The second kappa shape index (κ2) is 4.72. The van der Waals surface area contributed by atoms with Gasteiger partial charge in [0.05, 0.1) is 6.54 Å². The van der Waals surface area contributed by atoms with Gasteiger partial charge in [0.1, 0.15) is 5.82 Å². The molecule has 1 aromatic rings. The molecule has 5 heteroatoms. The van der Waals surface area contributed by atoms with Crippen LogP contribution in [0, 0.1) is 11.7 Å². The molecule has 1 amide bonds. The molecule has 1 aliphatic heterocycles. The first-order valence-electron chi connectivity index (χ1n) is 5.97. The van der Waals surface area contributed by atoms with Gasteiger partial charge in [0.15, 0.2) is 5.17 Å². The van der Waals surface area contributed by atoms with Gasteiger partial charge in [0, 0.05) is 11.7 Å². The predicted molar refractivity (Wildman–Crippen MR) is 70.2 cm³/mol. The van der Waals surface area contributed by atoms with E-state index in [1.807, 2.05) is 0 Å². The molecule has 1 heterocycles. The number of hydrogen-bond acceptors (Lipinski definition) is 3. The van der Waals surface area contributed by atoms with Gasteiger partial charge in [-0.15, -0.1) is 0 Å². The van der Waals surface area contributed by atoms with Crippen LogP contribution in [0.2, 0.25) is 0 Å². The van der Waals surface area contributed by atoms with E-state index >= 15 is 0 Å². The molecule has 94 valence electrons. The summed E-state index contributed by atoms with van der Waals surface area (Å²) < 4.78 is 12.8. The minimum Gasteiger partial charge on any atom is -0.305 e. The van der Waals surface area contributed by atoms with E-state index in [9.17, 15) is 9.18 Å². The van der Waals surface area contributed by atoms with E-state index in [0.717, 1.165) is 29.4 Å². The minimum atomic E-state index is -0.239. The van der Waals surface area contributed by atoms with Gasteiger partial charge in [0.25, 0.3) is 0 Å². The Bertz CT molecular complexity index is 500. The average Bonchev–Trinajstić information content (AvgIpc) is 3.01. The monoisotopic (exact) mass is 264 g/mol. The summed E-state index contributed by atoms with van der Waals surface area (Å²) in [6.45, 7) is 0.784. The van der Waals surface area contributed by atoms with Crippen LogP contribution in [-0.4, -0.2) is 23.4 Å². The summed E-state index contributed by atoms with van der Waals surface area (Å²) in [5, 5.41) is 3.59. The summed E-state index contributed by atoms with van der Waals surface area (Å²) in [6.07, 6.45) is 0.843. The number of carbonyl (C=O) groups is 1. The van der Waals surface area contributed by atoms with Crippen LogP contribution in [0.5, 0.6) is 0 Å². The largest absolute Gasteiger partial charge is 0.305 e. The summed E-state index contributed by atoms with van der Waals surface area (Å²) in [4.78, 5) is 16.1. The standard InChI is InChI=1S/C13H13FN2OS/c14-9-3-1-8(2-4-9)10-7-11(10)12(17)16-13-15-5-6-18-13/h1-4,10-11H,5-7H2,(H,15,16,17)/t10-,11-/m0/s1. The minimum absolute atomic E-state index is 0.0133. The molecule has 0 saturated heterocycles. The lowest BCUT2D eigenvalue weighted by molar-refractivity contribution is -0.120. The fraction of sp³-hybridized carbons (Fsp3) is 0.385. The highest BCUT2D eigenvalue weighted by Crippen LogP contribution is 2.47.